The SMILES string of the molecule is CCc1nc(N(C)C2CCCCC2C)cc(=O)[nH]1. The maximum atomic E-state index is 11.6. The van der Waals surface area contributed by atoms with E-state index in [1.807, 2.05) is 6.92 Å². The standard InChI is InChI=1S/C14H23N3O/c1-4-12-15-13(9-14(18)16-12)17(3)11-8-6-5-7-10(11)2/h9-11H,4-8H2,1-3H3,(H,15,16,18). The lowest BCUT2D eigenvalue weighted by Gasteiger charge is -2.37. The van der Waals surface area contributed by atoms with Gasteiger partial charge in [0.1, 0.15) is 11.6 Å². The number of rotatable bonds is 3. The van der Waals surface area contributed by atoms with Crippen LogP contribution in [0.1, 0.15) is 45.4 Å². The van der Waals surface area contributed by atoms with Gasteiger partial charge < -0.3 is 9.88 Å². The van der Waals surface area contributed by atoms with Gasteiger partial charge >= 0.3 is 0 Å². The van der Waals surface area contributed by atoms with Crippen LogP contribution < -0.4 is 10.5 Å². The van der Waals surface area contributed by atoms with E-state index >= 15 is 0 Å². The van der Waals surface area contributed by atoms with Crippen LogP contribution in [0.4, 0.5) is 5.82 Å². The van der Waals surface area contributed by atoms with Crippen molar-refractivity contribution < 1.29 is 0 Å². The summed E-state index contributed by atoms with van der Waals surface area (Å²) in [6, 6.07) is 2.12. The summed E-state index contributed by atoms with van der Waals surface area (Å²) in [5.41, 5.74) is -0.0489. The van der Waals surface area contributed by atoms with Crippen LogP contribution in [0.3, 0.4) is 0 Å². The van der Waals surface area contributed by atoms with Gasteiger partial charge in [-0.05, 0) is 18.8 Å². The van der Waals surface area contributed by atoms with Crippen molar-refractivity contribution in [3.63, 3.8) is 0 Å². The van der Waals surface area contributed by atoms with Gasteiger partial charge in [-0.25, -0.2) is 4.98 Å². The van der Waals surface area contributed by atoms with Crippen LogP contribution in [0.25, 0.3) is 0 Å². The zero-order chi connectivity index (χ0) is 13.1. The van der Waals surface area contributed by atoms with Crippen molar-refractivity contribution in [1.82, 2.24) is 9.97 Å². The Labute approximate surface area is 108 Å². The lowest BCUT2D eigenvalue weighted by molar-refractivity contribution is 0.320. The number of aromatic nitrogens is 2. The van der Waals surface area contributed by atoms with E-state index in [2.05, 4.69) is 28.8 Å². The highest BCUT2D eigenvalue weighted by atomic mass is 16.1. The second-order valence-electron chi connectivity index (χ2n) is 5.34. The third kappa shape index (κ3) is 2.74. The minimum Gasteiger partial charge on any atom is -0.356 e. The van der Waals surface area contributed by atoms with Crippen molar-refractivity contribution in [2.75, 3.05) is 11.9 Å². The first-order valence-corrected chi connectivity index (χ1v) is 6.95. The topological polar surface area (TPSA) is 49.0 Å². The Kier molecular flexibility index (Phi) is 4.04. The predicted octanol–water partition coefficient (Wildman–Crippen LogP) is 2.35. The van der Waals surface area contributed by atoms with Crippen molar-refractivity contribution in [2.24, 2.45) is 5.92 Å². The van der Waals surface area contributed by atoms with Gasteiger partial charge in [0.15, 0.2) is 0 Å². The quantitative estimate of drug-likeness (QED) is 0.894. The average Bonchev–Trinajstić information content (AvgIpc) is 2.37. The Balaban J connectivity index is 2.24. The van der Waals surface area contributed by atoms with E-state index in [1.54, 1.807) is 6.07 Å². The Morgan fingerprint density at radius 1 is 1.44 bits per heavy atom. The van der Waals surface area contributed by atoms with Crippen LogP contribution in [-0.4, -0.2) is 23.1 Å². The number of anilines is 1. The van der Waals surface area contributed by atoms with Gasteiger partial charge in [-0.15, -0.1) is 0 Å². The lowest BCUT2D eigenvalue weighted by Crippen LogP contribution is -2.40. The first-order chi connectivity index (χ1) is 8.61. The third-order valence-corrected chi connectivity index (χ3v) is 4.04. The van der Waals surface area contributed by atoms with E-state index in [4.69, 9.17) is 0 Å². The summed E-state index contributed by atoms with van der Waals surface area (Å²) in [4.78, 5) is 21.1. The van der Waals surface area contributed by atoms with Gasteiger partial charge in [0, 0.05) is 25.6 Å². The Morgan fingerprint density at radius 2 is 2.17 bits per heavy atom. The molecule has 2 atom stereocenters. The van der Waals surface area contributed by atoms with Crippen molar-refractivity contribution in [1.29, 1.82) is 0 Å². The lowest BCUT2D eigenvalue weighted by atomic mass is 9.85. The molecule has 1 saturated carbocycles. The molecule has 4 nitrogen and oxygen atoms in total. The minimum atomic E-state index is -0.0489. The zero-order valence-corrected chi connectivity index (χ0v) is 11.6. The maximum absolute atomic E-state index is 11.6. The molecule has 1 N–H and O–H groups in total. The van der Waals surface area contributed by atoms with Crippen molar-refractivity contribution in [3.05, 3.63) is 22.2 Å². The van der Waals surface area contributed by atoms with Crippen LogP contribution >= 0.6 is 0 Å². The molecule has 1 aliphatic rings. The number of hydrogen-bond acceptors (Lipinski definition) is 3. The van der Waals surface area contributed by atoms with Gasteiger partial charge in [0.25, 0.3) is 5.56 Å². The normalized spacial score (nSPS) is 23.9. The van der Waals surface area contributed by atoms with E-state index < -0.39 is 0 Å². The van der Waals surface area contributed by atoms with Crippen molar-refractivity contribution in [3.8, 4) is 0 Å². The highest BCUT2D eigenvalue weighted by Crippen LogP contribution is 2.29. The molecular formula is C14H23N3O. The average molecular weight is 249 g/mol. The largest absolute Gasteiger partial charge is 0.356 e. The number of H-pyrrole nitrogens is 1. The van der Waals surface area contributed by atoms with Gasteiger partial charge in [0.05, 0.1) is 0 Å². The first-order valence-electron chi connectivity index (χ1n) is 6.95. The summed E-state index contributed by atoms with van der Waals surface area (Å²) in [5.74, 6) is 2.26. The molecule has 0 radical (unpaired) electrons. The monoisotopic (exact) mass is 249 g/mol. The van der Waals surface area contributed by atoms with E-state index in [-0.39, 0.29) is 5.56 Å². The van der Waals surface area contributed by atoms with Crippen molar-refractivity contribution in [2.45, 2.75) is 52.0 Å². The molecule has 0 spiro atoms. The fourth-order valence-electron chi connectivity index (χ4n) is 2.88. The second-order valence-corrected chi connectivity index (χ2v) is 5.34. The fourth-order valence-corrected chi connectivity index (χ4v) is 2.88. The van der Waals surface area contributed by atoms with Gasteiger partial charge in [-0.2, -0.15) is 0 Å². The number of hydrogen-bond donors (Lipinski definition) is 1. The van der Waals surface area contributed by atoms with E-state index in [1.165, 1.54) is 25.7 Å². The van der Waals surface area contributed by atoms with Crippen LogP contribution in [0.5, 0.6) is 0 Å². The van der Waals surface area contributed by atoms with Crippen LogP contribution in [0, 0.1) is 5.92 Å². The summed E-state index contributed by atoms with van der Waals surface area (Å²) >= 11 is 0. The maximum Gasteiger partial charge on any atom is 0.252 e. The molecule has 4 heteroatoms. The number of aryl methyl sites for hydroxylation is 1. The highest BCUT2D eigenvalue weighted by Gasteiger charge is 2.26. The second kappa shape index (κ2) is 5.55. The molecule has 1 aromatic heterocycles. The fraction of sp³-hybridized carbons (Fsp3) is 0.714. The molecule has 0 bridgehead atoms. The molecule has 18 heavy (non-hydrogen) atoms. The van der Waals surface area contributed by atoms with Crippen LogP contribution in [0.2, 0.25) is 0 Å². The van der Waals surface area contributed by atoms with Crippen molar-refractivity contribution >= 4 is 5.82 Å². The summed E-state index contributed by atoms with van der Waals surface area (Å²) in [6.07, 6.45) is 5.85. The molecule has 100 valence electrons. The van der Waals surface area contributed by atoms with Crippen LogP contribution in [-0.2, 0) is 6.42 Å². The number of aromatic amines is 1. The minimum absolute atomic E-state index is 0.0489. The molecule has 0 aromatic carbocycles. The molecule has 1 fully saturated rings. The molecule has 0 aliphatic heterocycles. The molecule has 2 unspecified atom stereocenters. The Bertz CT molecular complexity index is 455. The number of nitrogens with zero attached hydrogens (tertiary/aromatic N) is 2. The molecule has 1 heterocycles. The molecule has 2 rings (SSSR count). The molecule has 1 aliphatic carbocycles. The first kappa shape index (κ1) is 13.1. The number of nitrogens with one attached hydrogen (secondary N) is 1. The van der Waals surface area contributed by atoms with E-state index in [0.717, 1.165) is 18.1 Å². The summed E-state index contributed by atoms with van der Waals surface area (Å²) in [6.45, 7) is 4.31. The predicted molar refractivity (Wildman–Crippen MR) is 74.1 cm³/mol. The molecule has 0 amide bonds. The smallest absolute Gasteiger partial charge is 0.252 e. The Morgan fingerprint density at radius 3 is 2.83 bits per heavy atom. The zero-order valence-electron chi connectivity index (χ0n) is 11.6. The van der Waals surface area contributed by atoms with Gasteiger partial charge in [-0.1, -0.05) is 26.7 Å². The molecule has 0 saturated heterocycles. The van der Waals surface area contributed by atoms with Crippen LogP contribution in [0.15, 0.2) is 10.9 Å². The summed E-state index contributed by atoms with van der Waals surface area (Å²) in [5, 5.41) is 0. The Hall–Kier alpha value is -1.32. The van der Waals surface area contributed by atoms with Gasteiger partial charge in [0.2, 0.25) is 0 Å². The highest BCUT2D eigenvalue weighted by molar-refractivity contribution is 5.38. The van der Waals surface area contributed by atoms with Gasteiger partial charge in [-0.3, -0.25) is 4.79 Å². The molecular weight excluding hydrogens is 226 g/mol. The molecule has 1 aromatic rings. The van der Waals surface area contributed by atoms with E-state index in [0.29, 0.717) is 12.0 Å². The summed E-state index contributed by atoms with van der Waals surface area (Å²) in [7, 11) is 2.06. The van der Waals surface area contributed by atoms with E-state index in [9.17, 15) is 4.79 Å². The summed E-state index contributed by atoms with van der Waals surface area (Å²) < 4.78 is 0. The third-order valence-electron chi connectivity index (χ3n) is 4.04.